The summed E-state index contributed by atoms with van der Waals surface area (Å²) in [6.45, 7) is 2.34. The first kappa shape index (κ1) is 24.6. The van der Waals surface area contributed by atoms with Crippen LogP contribution in [-0.4, -0.2) is 46.3 Å². The first-order chi connectivity index (χ1) is 16.1. The molecule has 11 nitrogen and oxygen atoms in total. The smallest absolute Gasteiger partial charge is 0.327 e. The van der Waals surface area contributed by atoms with E-state index in [0.717, 1.165) is 17.0 Å². The predicted molar refractivity (Wildman–Crippen MR) is 121 cm³/mol. The maximum absolute atomic E-state index is 13.1. The molecule has 1 aliphatic heterocycles. The number of anilines is 1. The van der Waals surface area contributed by atoms with Crippen LogP contribution in [0.5, 0.6) is 0 Å². The number of hydrogen-bond acceptors (Lipinski definition) is 7. The van der Waals surface area contributed by atoms with Crippen LogP contribution in [0.25, 0.3) is 0 Å². The second-order valence-electron chi connectivity index (χ2n) is 7.49. The quantitative estimate of drug-likeness (QED) is 0.251. The second kappa shape index (κ2) is 9.87. The van der Waals surface area contributed by atoms with Gasteiger partial charge in [0, 0.05) is 12.1 Å². The normalized spacial score (nSPS) is 18.3. The van der Waals surface area contributed by atoms with Gasteiger partial charge in [0.2, 0.25) is 0 Å². The molecule has 178 valence electrons. The summed E-state index contributed by atoms with van der Waals surface area (Å²) in [7, 11) is 0. The largest absolute Gasteiger partial charge is 0.451 e. The summed E-state index contributed by atoms with van der Waals surface area (Å²) in [4.78, 5) is 61.2. The highest BCUT2D eigenvalue weighted by Gasteiger charge is 2.51. The molecule has 2 aromatic carbocycles. The summed E-state index contributed by atoms with van der Waals surface area (Å²) in [5.41, 5.74) is -0.882. The van der Waals surface area contributed by atoms with Crippen molar-refractivity contribution in [3.05, 3.63) is 69.2 Å². The van der Waals surface area contributed by atoms with Gasteiger partial charge < -0.3 is 15.4 Å². The Morgan fingerprint density at radius 3 is 2.50 bits per heavy atom. The molecule has 3 rings (SSSR count). The molecule has 2 atom stereocenters. The molecule has 2 aromatic rings. The number of halogens is 1. The van der Waals surface area contributed by atoms with E-state index in [0.29, 0.717) is 5.56 Å². The number of rotatable bonds is 8. The summed E-state index contributed by atoms with van der Waals surface area (Å²) >= 11 is 5.95. The summed E-state index contributed by atoms with van der Waals surface area (Å²) in [6.07, 6.45) is -1.04. The molecule has 1 saturated heterocycles. The maximum atomic E-state index is 13.1. The Balaban J connectivity index is 1.64. The van der Waals surface area contributed by atoms with Crippen molar-refractivity contribution >= 4 is 46.8 Å². The molecule has 1 heterocycles. The third-order valence-electron chi connectivity index (χ3n) is 5.36. The number of carbonyl (C=O) groups excluding carboxylic acids is 4. The van der Waals surface area contributed by atoms with Crippen LogP contribution in [0.15, 0.2) is 48.5 Å². The van der Waals surface area contributed by atoms with Gasteiger partial charge in [-0.25, -0.2) is 4.79 Å². The Kier molecular flexibility index (Phi) is 7.16. The van der Waals surface area contributed by atoms with E-state index in [2.05, 4.69) is 10.6 Å². The lowest BCUT2D eigenvalue weighted by Gasteiger charge is -2.25. The molecule has 4 amide bonds. The van der Waals surface area contributed by atoms with E-state index in [1.165, 1.54) is 13.0 Å². The van der Waals surface area contributed by atoms with E-state index in [4.69, 9.17) is 16.3 Å². The van der Waals surface area contributed by atoms with Crippen molar-refractivity contribution < 1.29 is 28.8 Å². The van der Waals surface area contributed by atoms with Gasteiger partial charge >= 0.3 is 12.0 Å². The van der Waals surface area contributed by atoms with Crippen molar-refractivity contribution in [2.75, 3.05) is 11.9 Å². The van der Waals surface area contributed by atoms with Gasteiger partial charge in [0.05, 0.1) is 15.6 Å². The predicted octanol–water partition coefficient (Wildman–Crippen LogP) is 2.98. The zero-order valence-electron chi connectivity index (χ0n) is 18.2. The van der Waals surface area contributed by atoms with Gasteiger partial charge in [0.1, 0.15) is 12.1 Å². The molecular formula is C22H21ClN4O7. The van der Waals surface area contributed by atoms with Crippen LogP contribution in [0.4, 0.5) is 16.2 Å². The first-order valence-corrected chi connectivity index (χ1v) is 10.6. The number of ether oxygens (including phenoxy) is 1. The van der Waals surface area contributed by atoms with Crippen molar-refractivity contribution in [1.29, 1.82) is 0 Å². The fourth-order valence-electron chi connectivity index (χ4n) is 3.50. The van der Waals surface area contributed by atoms with Gasteiger partial charge in [-0.2, -0.15) is 0 Å². The van der Waals surface area contributed by atoms with Crippen LogP contribution in [0.2, 0.25) is 5.02 Å². The third kappa shape index (κ3) is 4.84. The monoisotopic (exact) mass is 488 g/mol. The van der Waals surface area contributed by atoms with Crippen LogP contribution < -0.4 is 10.6 Å². The number of benzene rings is 2. The molecule has 0 aliphatic carbocycles. The minimum absolute atomic E-state index is 0.0720. The van der Waals surface area contributed by atoms with Crippen molar-refractivity contribution in [2.45, 2.75) is 31.9 Å². The number of carbonyl (C=O) groups is 4. The number of imide groups is 1. The lowest BCUT2D eigenvalue weighted by Crippen LogP contribution is -2.44. The molecule has 0 bridgehead atoms. The summed E-state index contributed by atoms with van der Waals surface area (Å²) < 4.78 is 5.08. The number of nitrogens with zero attached hydrogens (tertiary/aromatic N) is 2. The molecule has 2 unspecified atom stereocenters. The van der Waals surface area contributed by atoms with Crippen molar-refractivity contribution in [3.63, 3.8) is 0 Å². The number of amides is 4. The number of non-ortho nitro benzene ring substituents is 1. The molecule has 34 heavy (non-hydrogen) atoms. The van der Waals surface area contributed by atoms with E-state index in [1.54, 1.807) is 37.3 Å². The van der Waals surface area contributed by atoms with Crippen molar-refractivity contribution in [1.82, 2.24) is 10.2 Å². The van der Waals surface area contributed by atoms with Crippen LogP contribution in [0.1, 0.15) is 25.8 Å². The fraction of sp³-hybridized carbons (Fsp3) is 0.273. The molecule has 0 spiro atoms. The maximum Gasteiger partial charge on any atom is 0.327 e. The lowest BCUT2D eigenvalue weighted by molar-refractivity contribution is -0.384. The zero-order chi connectivity index (χ0) is 25.0. The Labute approximate surface area is 199 Å². The van der Waals surface area contributed by atoms with Crippen LogP contribution in [-0.2, 0) is 24.7 Å². The molecule has 12 heteroatoms. The summed E-state index contributed by atoms with van der Waals surface area (Å²) in [5, 5.41) is 15.8. The summed E-state index contributed by atoms with van der Waals surface area (Å²) in [5.74, 6) is -2.33. The molecule has 0 saturated carbocycles. The Morgan fingerprint density at radius 1 is 1.24 bits per heavy atom. The lowest BCUT2D eigenvalue weighted by atomic mass is 9.87. The number of nitro groups is 1. The van der Waals surface area contributed by atoms with Crippen LogP contribution >= 0.6 is 11.6 Å². The molecule has 1 aliphatic rings. The molecular weight excluding hydrogens is 468 g/mol. The highest BCUT2D eigenvalue weighted by atomic mass is 35.5. The number of hydrogen-bond donors (Lipinski definition) is 2. The number of urea groups is 1. The second-order valence-corrected chi connectivity index (χ2v) is 7.90. The highest BCUT2D eigenvalue weighted by molar-refractivity contribution is 6.34. The molecule has 0 aromatic heterocycles. The van der Waals surface area contributed by atoms with Gasteiger partial charge in [-0.1, -0.05) is 48.9 Å². The van der Waals surface area contributed by atoms with Gasteiger partial charge in [0.25, 0.3) is 17.5 Å². The Morgan fingerprint density at radius 2 is 1.91 bits per heavy atom. The highest BCUT2D eigenvalue weighted by Crippen LogP contribution is 2.32. The van der Waals surface area contributed by atoms with E-state index >= 15 is 0 Å². The average Bonchev–Trinajstić information content (AvgIpc) is 3.05. The standard InChI is InChI=1S/C22H21ClN4O7/c1-3-22(14-7-5-4-6-8-14)20(30)26(21(31)25-22)12-18(28)34-13(2)19(29)24-17-10-9-15(27(32)33)11-16(17)23/h4-11,13H,3,12H2,1-2H3,(H,24,29)(H,25,31). The molecule has 1 fully saturated rings. The van der Waals surface area contributed by atoms with Gasteiger partial charge in [-0.3, -0.25) is 29.4 Å². The van der Waals surface area contributed by atoms with E-state index < -0.39 is 46.9 Å². The van der Waals surface area contributed by atoms with Gasteiger partial charge in [-0.05, 0) is 25.0 Å². The van der Waals surface area contributed by atoms with Crippen LogP contribution in [0, 0.1) is 10.1 Å². The molecule has 0 radical (unpaired) electrons. The number of nitrogens with one attached hydrogen (secondary N) is 2. The van der Waals surface area contributed by atoms with E-state index in [1.807, 2.05) is 0 Å². The third-order valence-corrected chi connectivity index (χ3v) is 5.67. The minimum Gasteiger partial charge on any atom is -0.451 e. The average molecular weight is 489 g/mol. The zero-order valence-corrected chi connectivity index (χ0v) is 19.0. The van der Waals surface area contributed by atoms with E-state index in [-0.39, 0.29) is 22.8 Å². The van der Waals surface area contributed by atoms with E-state index in [9.17, 15) is 29.3 Å². The van der Waals surface area contributed by atoms with Crippen LogP contribution in [0.3, 0.4) is 0 Å². The topological polar surface area (TPSA) is 148 Å². The SMILES string of the molecule is CCC1(c2ccccc2)NC(=O)N(CC(=O)OC(C)C(=O)Nc2ccc([N+](=O)[O-])cc2Cl)C1=O. The summed E-state index contributed by atoms with van der Waals surface area (Å²) in [6, 6.07) is 11.4. The van der Waals surface area contributed by atoms with Crippen molar-refractivity contribution in [3.8, 4) is 0 Å². The van der Waals surface area contributed by atoms with Gasteiger partial charge in [-0.15, -0.1) is 0 Å². The van der Waals surface area contributed by atoms with Crippen molar-refractivity contribution in [2.24, 2.45) is 0 Å². The number of esters is 1. The first-order valence-electron chi connectivity index (χ1n) is 10.2. The Hall–Kier alpha value is -3.99. The minimum atomic E-state index is -1.30. The molecule has 2 N–H and O–H groups in total. The Bertz CT molecular complexity index is 1160. The fourth-order valence-corrected chi connectivity index (χ4v) is 3.72. The van der Waals surface area contributed by atoms with Gasteiger partial charge in [0.15, 0.2) is 6.10 Å². The number of nitro benzene ring substituents is 1.